The van der Waals surface area contributed by atoms with Crippen LogP contribution in [-0.2, 0) is 29.7 Å². The minimum atomic E-state index is -0.133. The number of hydrogen-bond donors (Lipinski definition) is 0. The van der Waals surface area contributed by atoms with Crippen molar-refractivity contribution in [1.82, 2.24) is 14.4 Å². The van der Waals surface area contributed by atoms with Gasteiger partial charge in [-0.1, -0.05) is 6.07 Å². The smallest absolute Gasteiger partial charge is 0.264 e. The van der Waals surface area contributed by atoms with Crippen LogP contribution in [0, 0.1) is 0 Å². The Bertz CT molecular complexity index is 918. The van der Waals surface area contributed by atoms with Gasteiger partial charge in [0.15, 0.2) is 0 Å². The van der Waals surface area contributed by atoms with E-state index in [2.05, 4.69) is 0 Å². The first kappa shape index (κ1) is 21.9. The molecule has 3 rings (SSSR count). The highest BCUT2D eigenvalue weighted by Gasteiger charge is 2.24. The van der Waals surface area contributed by atoms with Crippen molar-refractivity contribution in [2.24, 2.45) is 7.05 Å². The van der Waals surface area contributed by atoms with Crippen LogP contribution in [0.3, 0.4) is 0 Å². The summed E-state index contributed by atoms with van der Waals surface area (Å²) in [6, 6.07) is 11.2. The molecular formula is C22H27N3O4S. The molecule has 0 aliphatic heterocycles. The Kier molecular flexibility index (Phi) is 7.87. The zero-order valence-electron chi connectivity index (χ0n) is 17.3. The number of nitrogens with zero attached hydrogens (tertiary/aromatic N) is 3. The molecule has 0 bridgehead atoms. The summed E-state index contributed by atoms with van der Waals surface area (Å²) >= 11 is 1.38. The molecule has 0 aromatic carbocycles. The Balaban J connectivity index is 1.75. The average molecular weight is 430 g/mol. The van der Waals surface area contributed by atoms with E-state index in [1.54, 1.807) is 35.3 Å². The first-order valence-corrected chi connectivity index (χ1v) is 10.7. The first-order chi connectivity index (χ1) is 14.6. The van der Waals surface area contributed by atoms with Crippen LogP contribution in [0.15, 0.2) is 58.7 Å². The van der Waals surface area contributed by atoms with E-state index in [-0.39, 0.29) is 18.4 Å². The number of aryl methyl sites for hydroxylation is 1. The van der Waals surface area contributed by atoms with Crippen LogP contribution >= 0.6 is 11.3 Å². The second-order valence-corrected chi connectivity index (χ2v) is 7.94. The molecule has 3 heterocycles. The largest absolute Gasteiger partial charge is 0.467 e. The Morgan fingerprint density at radius 1 is 1.13 bits per heavy atom. The van der Waals surface area contributed by atoms with Crippen molar-refractivity contribution < 1.29 is 18.7 Å². The first-order valence-electron chi connectivity index (χ1n) is 9.80. The fourth-order valence-corrected chi connectivity index (χ4v) is 3.84. The van der Waals surface area contributed by atoms with Crippen molar-refractivity contribution in [3.63, 3.8) is 0 Å². The molecule has 0 aliphatic rings. The van der Waals surface area contributed by atoms with Gasteiger partial charge in [0.1, 0.15) is 12.3 Å². The fourth-order valence-electron chi connectivity index (χ4n) is 3.15. The SMILES string of the molecule is COCCCN(CC(=O)N(Cc1ccco1)Cc1cccn1C)C(=O)c1cccs1. The summed E-state index contributed by atoms with van der Waals surface area (Å²) in [6.45, 7) is 1.76. The van der Waals surface area contributed by atoms with Crippen LogP contribution in [0.4, 0.5) is 0 Å². The summed E-state index contributed by atoms with van der Waals surface area (Å²) in [5.74, 6) is 0.439. The lowest BCUT2D eigenvalue weighted by atomic mass is 10.3. The number of furan rings is 1. The molecule has 0 aliphatic carbocycles. The van der Waals surface area contributed by atoms with E-state index in [1.165, 1.54) is 11.3 Å². The molecular weight excluding hydrogens is 402 g/mol. The molecule has 160 valence electrons. The molecule has 0 atom stereocenters. The maximum Gasteiger partial charge on any atom is 0.264 e. The minimum Gasteiger partial charge on any atom is -0.467 e. The molecule has 0 radical (unpaired) electrons. The molecule has 30 heavy (non-hydrogen) atoms. The number of hydrogen-bond acceptors (Lipinski definition) is 5. The Morgan fingerprint density at radius 2 is 2.00 bits per heavy atom. The van der Waals surface area contributed by atoms with Gasteiger partial charge in [-0.2, -0.15) is 0 Å². The molecule has 0 N–H and O–H groups in total. The zero-order chi connectivity index (χ0) is 21.3. The van der Waals surface area contributed by atoms with E-state index in [4.69, 9.17) is 9.15 Å². The number of thiophene rings is 1. The number of aromatic nitrogens is 1. The van der Waals surface area contributed by atoms with Gasteiger partial charge in [0.05, 0.1) is 24.2 Å². The third-order valence-electron chi connectivity index (χ3n) is 4.81. The van der Waals surface area contributed by atoms with Crippen LogP contribution in [0.1, 0.15) is 27.5 Å². The van der Waals surface area contributed by atoms with Gasteiger partial charge >= 0.3 is 0 Å². The molecule has 0 unspecified atom stereocenters. The van der Waals surface area contributed by atoms with Crippen molar-refractivity contribution in [3.05, 3.63) is 70.6 Å². The number of carbonyl (C=O) groups excluding carboxylic acids is 2. The number of ether oxygens (including phenoxy) is 1. The number of rotatable bonds is 11. The van der Waals surface area contributed by atoms with E-state index < -0.39 is 0 Å². The molecule has 8 heteroatoms. The molecule has 0 saturated heterocycles. The molecule has 0 spiro atoms. The minimum absolute atomic E-state index is 0.00553. The Hall–Kier alpha value is -2.84. The number of carbonyl (C=O) groups is 2. The fraction of sp³-hybridized carbons (Fsp3) is 0.364. The highest BCUT2D eigenvalue weighted by molar-refractivity contribution is 7.12. The zero-order valence-corrected chi connectivity index (χ0v) is 18.1. The highest BCUT2D eigenvalue weighted by atomic mass is 32.1. The molecule has 7 nitrogen and oxygen atoms in total. The molecule has 3 aromatic heterocycles. The lowest BCUT2D eigenvalue weighted by molar-refractivity contribution is -0.133. The second-order valence-electron chi connectivity index (χ2n) is 6.99. The standard InChI is InChI=1S/C22H27N3O4S/c1-23-10-3-7-18(23)15-25(16-19-8-4-13-29-19)21(26)17-24(11-6-12-28-2)22(27)20-9-5-14-30-20/h3-5,7-10,13-14H,6,11-12,15-17H2,1-2H3. The van der Waals surface area contributed by atoms with E-state index >= 15 is 0 Å². The van der Waals surface area contributed by atoms with Gasteiger partial charge in [-0.3, -0.25) is 9.59 Å². The maximum atomic E-state index is 13.3. The highest BCUT2D eigenvalue weighted by Crippen LogP contribution is 2.15. The van der Waals surface area contributed by atoms with E-state index in [0.29, 0.717) is 43.3 Å². The summed E-state index contributed by atoms with van der Waals surface area (Å²) in [6.07, 6.45) is 4.21. The van der Waals surface area contributed by atoms with E-state index in [1.807, 2.05) is 47.5 Å². The van der Waals surface area contributed by atoms with Crippen LogP contribution in [0.25, 0.3) is 0 Å². The van der Waals surface area contributed by atoms with Gasteiger partial charge in [-0.25, -0.2) is 0 Å². The third kappa shape index (κ3) is 5.84. The van der Waals surface area contributed by atoms with Crippen LogP contribution in [-0.4, -0.2) is 53.0 Å². The van der Waals surface area contributed by atoms with Crippen molar-refractivity contribution in [3.8, 4) is 0 Å². The molecule has 0 fully saturated rings. The van der Waals surface area contributed by atoms with Crippen molar-refractivity contribution in [2.45, 2.75) is 19.5 Å². The predicted octanol–water partition coefficient (Wildman–Crippen LogP) is 3.39. The van der Waals surface area contributed by atoms with E-state index in [0.717, 1.165) is 5.69 Å². The second kappa shape index (κ2) is 10.8. The maximum absolute atomic E-state index is 13.3. The number of amides is 2. The predicted molar refractivity (Wildman–Crippen MR) is 115 cm³/mol. The van der Waals surface area contributed by atoms with Crippen molar-refractivity contribution in [1.29, 1.82) is 0 Å². The average Bonchev–Trinajstić information content (AvgIpc) is 3.50. The summed E-state index contributed by atoms with van der Waals surface area (Å²) in [4.78, 5) is 30.2. The third-order valence-corrected chi connectivity index (χ3v) is 5.66. The lowest BCUT2D eigenvalue weighted by Crippen LogP contribution is -2.43. The topological polar surface area (TPSA) is 67.9 Å². The van der Waals surface area contributed by atoms with Crippen LogP contribution < -0.4 is 0 Å². The monoisotopic (exact) mass is 429 g/mol. The Morgan fingerprint density at radius 3 is 2.63 bits per heavy atom. The molecule has 3 aromatic rings. The summed E-state index contributed by atoms with van der Waals surface area (Å²) in [5, 5.41) is 1.86. The van der Waals surface area contributed by atoms with Crippen molar-refractivity contribution in [2.75, 3.05) is 26.8 Å². The van der Waals surface area contributed by atoms with Crippen LogP contribution in [0.5, 0.6) is 0 Å². The van der Waals surface area contributed by atoms with E-state index in [9.17, 15) is 9.59 Å². The summed E-state index contributed by atoms with van der Waals surface area (Å²) < 4.78 is 12.6. The van der Waals surface area contributed by atoms with Gasteiger partial charge in [0, 0.05) is 39.2 Å². The normalized spacial score (nSPS) is 10.9. The molecule has 0 saturated carbocycles. The van der Waals surface area contributed by atoms with Gasteiger partial charge in [-0.05, 0) is 42.1 Å². The van der Waals surface area contributed by atoms with Crippen molar-refractivity contribution >= 4 is 23.2 Å². The summed E-state index contributed by atoms with van der Waals surface area (Å²) in [7, 11) is 3.57. The summed E-state index contributed by atoms with van der Waals surface area (Å²) in [5.41, 5.74) is 1.01. The van der Waals surface area contributed by atoms with Gasteiger partial charge in [0.2, 0.25) is 5.91 Å². The van der Waals surface area contributed by atoms with Crippen LogP contribution in [0.2, 0.25) is 0 Å². The van der Waals surface area contributed by atoms with Gasteiger partial charge in [0.25, 0.3) is 5.91 Å². The quantitative estimate of drug-likeness (QED) is 0.438. The number of methoxy groups -OCH3 is 1. The van der Waals surface area contributed by atoms with Gasteiger partial charge in [-0.15, -0.1) is 11.3 Å². The van der Waals surface area contributed by atoms with Gasteiger partial charge < -0.3 is 23.5 Å². The molecule has 2 amide bonds. The lowest BCUT2D eigenvalue weighted by Gasteiger charge is -2.27. The Labute approximate surface area is 180 Å².